The van der Waals surface area contributed by atoms with Crippen molar-refractivity contribution in [3.8, 4) is 16.9 Å². The lowest BCUT2D eigenvalue weighted by Crippen LogP contribution is -2.26. The Labute approximate surface area is 187 Å². The molecular weight excluding hydrogens is 400 g/mol. The number of carbonyl (C=O) groups is 2. The Bertz CT molecular complexity index is 1220. The van der Waals surface area contributed by atoms with Crippen LogP contribution in [0.2, 0.25) is 0 Å². The minimum absolute atomic E-state index is 0.106. The van der Waals surface area contributed by atoms with Crippen LogP contribution < -0.4 is 5.32 Å². The molecule has 0 radical (unpaired) electrons. The number of anilines is 1. The van der Waals surface area contributed by atoms with Crippen LogP contribution in [0.5, 0.6) is 0 Å². The van der Waals surface area contributed by atoms with Crippen LogP contribution in [0.25, 0.3) is 16.9 Å². The first-order chi connectivity index (χ1) is 15.5. The molecule has 1 N–H and O–H groups in total. The number of para-hydroxylation sites is 1. The number of benzene rings is 3. The van der Waals surface area contributed by atoms with Gasteiger partial charge in [0, 0.05) is 49.1 Å². The number of nitrogens with zero attached hydrogens (tertiary/aromatic N) is 3. The molecular formula is C26H24N4O2. The third kappa shape index (κ3) is 4.75. The van der Waals surface area contributed by atoms with Crippen LogP contribution in [0.15, 0.2) is 91.1 Å². The molecule has 4 aromatic rings. The van der Waals surface area contributed by atoms with Gasteiger partial charge < -0.3 is 10.2 Å². The summed E-state index contributed by atoms with van der Waals surface area (Å²) in [5.41, 5.74) is 4.96. The molecule has 0 saturated carbocycles. The third-order valence-corrected chi connectivity index (χ3v) is 5.06. The molecule has 1 aromatic heterocycles. The Hall–Kier alpha value is -4.19. The highest BCUT2D eigenvalue weighted by atomic mass is 16.2. The summed E-state index contributed by atoms with van der Waals surface area (Å²) in [6.45, 7) is 1.86. The van der Waals surface area contributed by atoms with Crippen LogP contribution in [0.4, 0.5) is 5.69 Å². The van der Waals surface area contributed by atoms with Gasteiger partial charge in [0.2, 0.25) is 5.91 Å². The SMILES string of the molecule is CC(=O)Nc1ccc(C(=O)N(C)Cc2cn(-c3ccccc3)nc2-c2ccccc2)cc1. The lowest BCUT2D eigenvalue weighted by atomic mass is 10.1. The van der Waals surface area contributed by atoms with Gasteiger partial charge in [-0.3, -0.25) is 9.59 Å². The quantitative estimate of drug-likeness (QED) is 0.485. The zero-order valence-electron chi connectivity index (χ0n) is 18.0. The van der Waals surface area contributed by atoms with Crippen molar-refractivity contribution in [1.82, 2.24) is 14.7 Å². The van der Waals surface area contributed by atoms with E-state index in [4.69, 9.17) is 5.10 Å². The predicted molar refractivity (Wildman–Crippen MR) is 126 cm³/mol. The normalized spacial score (nSPS) is 10.6. The first-order valence-corrected chi connectivity index (χ1v) is 10.3. The lowest BCUT2D eigenvalue weighted by molar-refractivity contribution is -0.114. The summed E-state index contributed by atoms with van der Waals surface area (Å²) in [5.74, 6) is -0.254. The molecule has 0 aliphatic rings. The zero-order valence-corrected chi connectivity index (χ0v) is 18.0. The molecule has 1 heterocycles. The van der Waals surface area contributed by atoms with E-state index in [1.807, 2.05) is 71.5 Å². The van der Waals surface area contributed by atoms with E-state index in [9.17, 15) is 9.59 Å². The van der Waals surface area contributed by atoms with Gasteiger partial charge in [-0.2, -0.15) is 5.10 Å². The minimum Gasteiger partial charge on any atom is -0.337 e. The van der Waals surface area contributed by atoms with Crippen molar-refractivity contribution in [2.24, 2.45) is 0 Å². The molecule has 0 bridgehead atoms. The highest BCUT2D eigenvalue weighted by Gasteiger charge is 2.18. The number of carbonyl (C=O) groups excluding carboxylic acids is 2. The molecule has 0 aliphatic carbocycles. The van der Waals surface area contributed by atoms with E-state index in [0.29, 0.717) is 17.8 Å². The number of aromatic nitrogens is 2. The van der Waals surface area contributed by atoms with Crippen LogP contribution in [-0.2, 0) is 11.3 Å². The van der Waals surface area contributed by atoms with E-state index in [1.165, 1.54) is 6.92 Å². The van der Waals surface area contributed by atoms with E-state index in [0.717, 1.165) is 22.5 Å². The number of amides is 2. The molecule has 0 aliphatic heterocycles. The summed E-state index contributed by atoms with van der Waals surface area (Å²) in [7, 11) is 1.78. The van der Waals surface area contributed by atoms with Crippen molar-refractivity contribution < 1.29 is 9.59 Å². The molecule has 32 heavy (non-hydrogen) atoms. The summed E-state index contributed by atoms with van der Waals surface area (Å²) in [5, 5.41) is 7.52. The fraction of sp³-hybridized carbons (Fsp3) is 0.115. The molecule has 0 spiro atoms. The second-order valence-corrected chi connectivity index (χ2v) is 7.57. The largest absolute Gasteiger partial charge is 0.337 e. The molecule has 0 fully saturated rings. The zero-order chi connectivity index (χ0) is 22.5. The van der Waals surface area contributed by atoms with Gasteiger partial charge in [-0.15, -0.1) is 0 Å². The van der Waals surface area contributed by atoms with Crippen molar-refractivity contribution in [1.29, 1.82) is 0 Å². The van der Waals surface area contributed by atoms with Crippen LogP contribution in [0.1, 0.15) is 22.8 Å². The van der Waals surface area contributed by atoms with Crippen LogP contribution >= 0.6 is 0 Å². The number of nitrogens with one attached hydrogen (secondary N) is 1. The Balaban J connectivity index is 1.60. The Kier molecular flexibility index (Phi) is 6.12. The van der Waals surface area contributed by atoms with Gasteiger partial charge in [0.1, 0.15) is 0 Å². The average Bonchev–Trinajstić information content (AvgIpc) is 3.23. The molecule has 2 amide bonds. The number of hydrogen-bond acceptors (Lipinski definition) is 3. The van der Waals surface area contributed by atoms with Crippen LogP contribution in [0.3, 0.4) is 0 Å². The number of rotatable bonds is 6. The highest BCUT2D eigenvalue weighted by Crippen LogP contribution is 2.25. The molecule has 3 aromatic carbocycles. The van der Waals surface area contributed by atoms with E-state index in [2.05, 4.69) is 5.32 Å². The predicted octanol–water partition coefficient (Wildman–Crippen LogP) is 4.77. The van der Waals surface area contributed by atoms with Gasteiger partial charge in [0.15, 0.2) is 0 Å². The Morgan fingerprint density at radius 2 is 1.53 bits per heavy atom. The van der Waals surface area contributed by atoms with Crippen molar-refractivity contribution in [2.45, 2.75) is 13.5 Å². The van der Waals surface area contributed by atoms with Gasteiger partial charge in [0.05, 0.1) is 11.4 Å². The molecule has 6 heteroatoms. The molecule has 6 nitrogen and oxygen atoms in total. The second kappa shape index (κ2) is 9.31. The standard InChI is InChI=1S/C26H24N4O2/c1-19(31)27-23-15-13-21(14-16-23)26(32)29(2)17-22-18-30(24-11-7-4-8-12-24)28-25(22)20-9-5-3-6-10-20/h3-16,18H,17H2,1-2H3,(H,27,31). The fourth-order valence-electron chi connectivity index (χ4n) is 3.52. The molecule has 0 atom stereocenters. The van der Waals surface area contributed by atoms with E-state index in [-0.39, 0.29) is 11.8 Å². The second-order valence-electron chi connectivity index (χ2n) is 7.57. The van der Waals surface area contributed by atoms with Gasteiger partial charge in [-0.05, 0) is 36.4 Å². The Morgan fingerprint density at radius 1 is 0.906 bits per heavy atom. The summed E-state index contributed by atoms with van der Waals surface area (Å²) in [6, 6.07) is 26.8. The van der Waals surface area contributed by atoms with Crippen LogP contribution in [-0.4, -0.2) is 33.5 Å². The third-order valence-electron chi connectivity index (χ3n) is 5.06. The number of hydrogen-bond donors (Lipinski definition) is 1. The molecule has 0 saturated heterocycles. The van der Waals surface area contributed by atoms with Gasteiger partial charge in [0.25, 0.3) is 5.91 Å². The van der Waals surface area contributed by atoms with Crippen LogP contribution in [0, 0.1) is 0 Å². The fourth-order valence-corrected chi connectivity index (χ4v) is 3.52. The van der Waals surface area contributed by atoms with Crippen molar-refractivity contribution in [3.63, 3.8) is 0 Å². The van der Waals surface area contributed by atoms with Gasteiger partial charge in [-0.25, -0.2) is 4.68 Å². The topological polar surface area (TPSA) is 67.2 Å². The molecule has 160 valence electrons. The maximum atomic E-state index is 13.0. The van der Waals surface area contributed by atoms with E-state index < -0.39 is 0 Å². The molecule has 4 rings (SSSR count). The summed E-state index contributed by atoms with van der Waals surface area (Å²) < 4.78 is 1.85. The first kappa shape index (κ1) is 21.1. The minimum atomic E-state index is -0.148. The smallest absolute Gasteiger partial charge is 0.253 e. The first-order valence-electron chi connectivity index (χ1n) is 10.3. The van der Waals surface area contributed by atoms with E-state index >= 15 is 0 Å². The summed E-state index contributed by atoms with van der Waals surface area (Å²) in [6.07, 6.45) is 1.97. The van der Waals surface area contributed by atoms with Crippen molar-refractivity contribution in [2.75, 3.05) is 12.4 Å². The van der Waals surface area contributed by atoms with E-state index in [1.54, 1.807) is 36.2 Å². The van der Waals surface area contributed by atoms with Gasteiger partial charge >= 0.3 is 0 Å². The highest BCUT2D eigenvalue weighted by molar-refractivity contribution is 5.95. The van der Waals surface area contributed by atoms with Gasteiger partial charge in [-0.1, -0.05) is 48.5 Å². The van der Waals surface area contributed by atoms with Crippen molar-refractivity contribution in [3.05, 3.63) is 102 Å². The maximum absolute atomic E-state index is 13.0. The van der Waals surface area contributed by atoms with Crippen molar-refractivity contribution >= 4 is 17.5 Å². The molecule has 0 unspecified atom stereocenters. The average molecular weight is 425 g/mol. The monoisotopic (exact) mass is 424 g/mol. The summed E-state index contributed by atoms with van der Waals surface area (Å²) >= 11 is 0. The maximum Gasteiger partial charge on any atom is 0.253 e. The Morgan fingerprint density at radius 3 is 2.16 bits per heavy atom. The lowest BCUT2D eigenvalue weighted by Gasteiger charge is -2.17. The summed E-state index contributed by atoms with van der Waals surface area (Å²) in [4.78, 5) is 25.9.